The topological polar surface area (TPSA) is 20.2 Å². The zero-order valence-electron chi connectivity index (χ0n) is 11.3. The molecular formula is C16H24OS. The molecule has 0 amide bonds. The number of benzene rings is 1. The van der Waals surface area contributed by atoms with Crippen molar-refractivity contribution in [3.8, 4) is 0 Å². The Bertz CT molecular complexity index is 358. The molecule has 0 aromatic heterocycles. The lowest BCUT2D eigenvalue weighted by molar-refractivity contribution is 0.166. The molecule has 1 nitrogen and oxygen atoms in total. The molecule has 0 radical (unpaired) electrons. The van der Waals surface area contributed by atoms with Crippen LogP contribution in [-0.4, -0.2) is 17.0 Å². The lowest BCUT2D eigenvalue weighted by Crippen LogP contribution is -2.14. The van der Waals surface area contributed by atoms with E-state index in [-0.39, 0.29) is 6.10 Å². The number of aliphatic hydroxyl groups excluding tert-OH is 1. The van der Waals surface area contributed by atoms with Gasteiger partial charge in [-0.3, -0.25) is 0 Å². The summed E-state index contributed by atoms with van der Waals surface area (Å²) in [5, 5.41) is 10.0. The zero-order chi connectivity index (χ0) is 12.8. The number of aliphatic hydroxyl groups is 1. The first-order chi connectivity index (χ1) is 8.75. The van der Waals surface area contributed by atoms with Gasteiger partial charge in [-0.1, -0.05) is 49.9 Å². The van der Waals surface area contributed by atoms with Crippen LogP contribution in [0.25, 0.3) is 0 Å². The van der Waals surface area contributed by atoms with Crippen molar-refractivity contribution in [2.24, 2.45) is 5.92 Å². The molecule has 0 saturated heterocycles. The van der Waals surface area contributed by atoms with Crippen LogP contribution < -0.4 is 0 Å². The van der Waals surface area contributed by atoms with E-state index in [4.69, 9.17) is 0 Å². The Morgan fingerprint density at radius 3 is 2.72 bits per heavy atom. The van der Waals surface area contributed by atoms with E-state index in [1.54, 1.807) is 0 Å². The standard InChI is InChI=1S/C16H24OS/c1-13-6-2-5-9-15(13)11-18-12-16(17)10-14-7-3-4-8-14/h2,5-6,9,14,16-17H,3-4,7-8,10-12H2,1H3. The Kier molecular flexibility index (Phi) is 5.58. The molecule has 100 valence electrons. The molecule has 1 atom stereocenters. The Balaban J connectivity index is 1.67. The van der Waals surface area contributed by atoms with E-state index in [0.29, 0.717) is 0 Å². The van der Waals surface area contributed by atoms with Crippen molar-refractivity contribution in [2.45, 2.75) is 50.9 Å². The van der Waals surface area contributed by atoms with Gasteiger partial charge in [0.25, 0.3) is 0 Å². The fourth-order valence-corrected chi connectivity index (χ4v) is 3.85. The van der Waals surface area contributed by atoms with Crippen LogP contribution in [0.3, 0.4) is 0 Å². The summed E-state index contributed by atoms with van der Waals surface area (Å²) in [4.78, 5) is 0. The van der Waals surface area contributed by atoms with Gasteiger partial charge in [0.2, 0.25) is 0 Å². The first-order valence-electron chi connectivity index (χ1n) is 7.06. The summed E-state index contributed by atoms with van der Waals surface area (Å²) in [5.41, 5.74) is 2.76. The summed E-state index contributed by atoms with van der Waals surface area (Å²) in [6.45, 7) is 2.16. The maximum Gasteiger partial charge on any atom is 0.0633 e. The highest BCUT2D eigenvalue weighted by atomic mass is 32.2. The maximum atomic E-state index is 10.0. The largest absolute Gasteiger partial charge is 0.392 e. The smallest absolute Gasteiger partial charge is 0.0633 e. The highest BCUT2D eigenvalue weighted by molar-refractivity contribution is 7.98. The first kappa shape index (κ1) is 14.0. The zero-order valence-corrected chi connectivity index (χ0v) is 12.1. The Morgan fingerprint density at radius 1 is 1.28 bits per heavy atom. The molecule has 0 aliphatic heterocycles. The third-order valence-electron chi connectivity index (χ3n) is 3.91. The molecule has 2 rings (SSSR count). The average molecular weight is 264 g/mol. The minimum Gasteiger partial charge on any atom is -0.392 e. The molecule has 0 heterocycles. The lowest BCUT2D eigenvalue weighted by Gasteiger charge is -2.15. The van der Waals surface area contributed by atoms with Crippen molar-refractivity contribution in [3.05, 3.63) is 35.4 Å². The Morgan fingerprint density at radius 2 is 2.00 bits per heavy atom. The van der Waals surface area contributed by atoms with Crippen molar-refractivity contribution in [1.82, 2.24) is 0 Å². The van der Waals surface area contributed by atoms with Crippen LogP contribution in [0.4, 0.5) is 0 Å². The van der Waals surface area contributed by atoms with Crippen molar-refractivity contribution in [2.75, 3.05) is 5.75 Å². The second-order valence-electron chi connectivity index (χ2n) is 5.48. The minimum atomic E-state index is -0.109. The van der Waals surface area contributed by atoms with Crippen LogP contribution in [0.2, 0.25) is 0 Å². The third-order valence-corrected chi connectivity index (χ3v) is 5.04. The highest BCUT2D eigenvalue weighted by Gasteiger charge is 2.18. The van der Waals surface area contributed by atoms with E-state index in [9.17, 15) is 5.11 Å². The van der Waals surface area contributed by atoms with Crippen LogP contribution in [0.15, 0.2) is 24.3 Å². The molecule has 1 aliphatic carbocycles. The molecule has 2 heteroatoms. The summed E-state index contributed by atoms with van der Waals surface area (Å²) < 4.78 is 0. The molecule has 1 aliphatic rings. The van der Waals surface area contributed by atoms with Gasteiger partial charge < -0.3 is 5.11 Å². The van der Waals surface area contributed by atoms with Crippen LogP contribution in [0.1, 0.15) is 43.2 Å². The minimum absolute atomic E-state index is 0.109. The van der Waals surface area contributed by atoms with Gasteiger partial charge >= 0.3 is 0 Å². The predicted octanol–water partition coefficient (Wildman–Crippen LogP) is 4.17. The van der Waals surface area contributed by atoms with E-state index in [1.165, 1.54) is 36.8 Å². The summed E-state index contributed by atoms with van der Waals surface area (Å²) in [7, 11) is 0. The van der Waals surface area contributed by atoms with Gasteiger partial charge in [0.15, 0.2) is 0 Å². The number of aryl methyl sites for hydroxylation is 1. The average Bonchev–Trinajstić information content (AvgIpc) is 2.84. The molecule has 1 unspecified atom stereocenters. The maximum absolute atomic E-state index is 10.0. The second-order valence-corrected chi connectivity index (χ2v) is 6.51. The summed E-state index contributed by atoms with van der Waals surface area (Å²) in [5.74, 6) is 2.69. The van der Waals surface area contributed by atoms with E-state index in [0.717, 1.165) is 23.8 Å². The molecule has 18 heavy (non-hydrogen) atoms. The molecule has 0 bridgehead atoms. The summed E-state index contributed by atoms with van der Waals surface area (Å²) in [6, 6.07) is 8.52. The van der Waals surface area contributed by atoms with Gasteiger partial charge in [-0.2, -0.15) is 11.8 Å². The SMILES string of the molecule is Cc1ccccc1CSCC(O)CC1CCCC1. The van der Waals surface area contributed by atoms with Gasteiger partial charge in [-0.25, -0.2) is 0 Å². The first-order valence-corrected chi connectivity index (χ1v) is 8.21. The van der Waals surface area contributed by atoms with Crippen LogP contribution in [-0.2, 0) is 5.75 Å². The fraction of sp³-hybridized carbons (Fsp3) is 0.625. The normalized spacial score (nSPS) is 18.1. The quantitative estimate of drug-likeness (QED) is 0.832. The number of thioether (sulfide) groups is 1. The van der Waals surface area contributed by atoms with Gasteiger partial charge in [0.1, 0.15) is 0 Å². The Labute approximate surface area is 115 Å². The van der Waals surface area contributed by atoms with E-state index in [2.05, 4.69) is 31.2 Å². The lowest BCUT2D eigenvalue weighted by atomic mass is 10.0. The number of hydrogen-bond acceptors (Lipinski definition) is 2. The summed E-state index contributed by atoms with van der Waals surface area (Å²) in [6.07, 6.45) is 6.31. The van der Waals surface area contributed by atoms with E-state index >= 15 is 0 Å². The predicted molar refractivity (Wildman–Crippen MR) is 79.9 cm³/mol. The van der Waals surface area contributed by atoms with Crippen LogP contribution in [0.5, 0.6) is 0 Å². The highest BCUT2D eigenvalue weighted by Crippen LogP contribution is 2.29. The van der Waals surface area contributed by atoms with Crippen molar-refractivity contribution in [1.29, 1.82) is 0 Å². The van der Waals surface area contributed by atoms with Crippen molar-refractivity contribution in [3.63, 3.8) is 0 Å². The van der Waals surface area contributed by atoms with E-state index < -0.39 is 0 Å². The van der Waals surface area contributed by atoms with Crippen LogP contribution >= 0.6 is 11.8 Å². The van der Waals surface area contributed by atoms with Crippen LogP contribution in [0, 0.1) is 12.8 Å². The van der Waals surface area contributed by atoms with Crippen molar-refractivity contribution >= 4 is 11.8 Å². The van der Waals surface area contributed by atoms with Gasteiger partial charge in [0, 0.05) is 11.5 Å². The third kappa shape index (κ3) is 4.33. The monoisotopic (exact) mass is 264 g/mol. The molecule has 1 saturated carbocycles. The molecule has 0 spiro atoms. The Hall–Kier alpha value is -0.470. The molecule has 1 N–H and O–H groups in total. The molecule has 1 fully saturated rings. The number of rotatable bonds is 6. The number of hydrogen-bond donors (Lipinski definition) is 1. The van der Waals surface area contributed by atoms with E-state index in [1.807, 2.05) is 11.8 Å². The van der Waals surface area contributed by atoms with Gasteiger partial charge in [0.05, 0.1) is 6.10 Å². The summed E-state index contributed by atoms with van der Waals surface area (Å²) >= 11 is 1.86. The molecule has 1 aromatic rings. The molecular weight excluding hydrogens is 240 g/mol. The molecule has 1 aromatic carbocycles. The van der Waals surface area contributed by atoms with Crippen molar-refractivity contribution < 1.29 is 5.11 Å². The fourth-order valence-electron chi connectivity index (χ4n) is 2.78. The van der Waals surface area contributed by atoms with Gasteiger partial charge in [-0.05, 0) is 30.4 Å². The second kappa shape index (κ2) is 7.20. The van der Waals surface area contributed by atoms with Gasteiger partial charge in [-0.15, -0.1) is 0 Å².